The van der Waals surface area contributed by atoms with Crippen LogP contribution in [0.5, 0.6) is 11.5 Å². The van der Waals surface area contributed by atoms with E-state index in [1.54, 1.807) is 25.1 Å². The van der Waals surface area contributed by atoms with Crippen LogP contribution in [0, 0.1) is 5.41 Å². The maximum Gasteiger partial charge on any atom is 0.315 e. The van der Waals surface area contributed by atoms with Crippen LogP contribution < -0.4 is 14.8 Å². The second kappa shape index (κ2) is 6.45. The van der Waals surface area contributed by atoms with Gasteiger partial charge >= 0.3 is 5.97 Å². The molecule has 0 radical (unpaired) electrons. The minimum atomic E-state index is -1.12. The molecule has 8 heteroatoms. The standard InChI is InChI=1S/C19H21Cl2NO5/c1-17(11-19(17,20)21)16(24)25-10-15(23)22-12-5-6-13-14(9-12)27-18(26-13)7-3-2-4-8-18/h5-6,9H,2-4,7-8,10-11H2,1H3,(H,22,23)/t17-/m0/s1. The Bertz CT molecular complexity index is 790. The number of hydrogen-bond acceptors (Lipinski definition) is 5. The van der Waals surface area contributed by atoms with Gasteiger partial charge in [0.1, 0.15) is 9.75 Å². The van der Waals surface area contributed by atoms with E-state index in [2.05, 4.69) is 5.32 Å². The Hall–Kier alpha value is -1.66. The molecule has 146 valence electrons. The summed E-state index contributed by atoms with van der Waals surface area (Å²) in [6, 6.07) is 5.23. The lowest BCUT2D eigenvalue weighted by Crippen LogP contribution is -2.40. The van der Waals surface area contributed by atoms with E-state index in [1.165, 1.54) is 6.42 Å². The number of esters is 1. The fourth-order valence-electron chi connectivity index (χ4n) is 3.57. The van der Waals surface area contributed by atoms with Gasteiger partial charge in [-0.2, -0.15) is 0 Å². The molecular weight excluding hydrogens is 393 g/mol. The van der Waals surface area contributed by atoms with Gasteiger partial charge in [-0.3, -0.25) is 9.59 Å². The quantitative estimate of drug-likeness (QED) is 0.591. The number of ether oxygens (including phenoxy) is 3. The average molecular weight is 414 g/mol. The Morgan fingerprint density at radius 1 is 1.15 bits per heavy atom. The van der Waals surface area contributed by atoms with Gasteiger partial charge in [0.15, 0.2) is 18.1 Å². The van der Waals surface area contributed by atoms with Crippen molar-refractivity contribution >= 4 is 40.8 Å². The molecule has 1 aliphatic heterocycles. The lowest BCUT2D eigenvalue weighted by Gasteiger charge is -2.31. The zero-order chi connectivity index (χ0) is 19.3. The lowest BCUT2D eigenvalue weighted by atomic mass is 9.94. The second-order valence-electron chi connectivity index (χ2n) is 7.67. The van der Waals surface area contributed by atoms with Crippen LogP contribution >= 0.6 is 23.2 Å². The van der Waals surface area contributed by atoms with Crippen molar-refractivity contribution in [3.63, 3.8) is 0 Å². The molecule has 2 aliphatic carbocycles. The van der Waals surface area contributed by atoms with E-state index in [4.69, 9.17) is 37.4 Å². The van der Waals surface area contributed by atoms with E-state index >= 15 is 0 Å². The van der Waals surface area contributed by atoms with Gasteiger partial charge in [0.2, 0.25) is 0 Å². The summed E-state index contributed by atoms with van der Waals surface area (Å²) in [5.41, 5.74) is -0.406. The molecule has 0 saturated heterocycles. The predicted octanol–water partition coefficient (Wildman–Crippen LogP) is 4.18. The van der Waals surface area contributed by atoms with E-state index in [0.717, 1.165) is 25.7 Å². The number of carbonyl (C=O) groups is 2. The van der Waals surface area contributed by atoms with E-state index < -0.39 is 34.0 Å². The molecule has 3 aliphatic rings. The molecular formula is C19H21Cl2NO5. The van der Waals surface area contributed by atoms with Crippen LogP contribution in [0.1, 0.15) is 45.4 Å². The topological polar surface area (TPSA) is 73.9 Å². The third kappa shape index (κ3) is 3.45. The highest BCUT2D eigenvalue weighted by Gasteiger charge is 2.69. The Kier molecular flexibility index (Phi) is 4.47. The first-order valence-electron chi connectivity index (χ1n) is 9.10. The fraction of sp³-hybridized carbons (Fsp3) is 0.579. The average Bonchev–Trinajstić information content (AvgIpc) is 2.96. The van der Waals surface area contributed by atoms with Crippen LogP contribution in [-0.4, -0.2) is 28.6 Å². The Morgan fingerprint density at radius 3 is 2.48 bits per heavy atom. The number of rotatable bonds is 4. The Balaban J connectivity index is 1.33. The SMILES string of the molecule is C[C@@]1(C(=O)OCC(=O)Nc2ccc3c(c2)OC2(CCCCC2)O3)CC1(Cl)Cl. The van der Waals surface area contributed by atoms with Gasteiger partial charge in [0.05, 0.1) is 0 Å². The summed E-state index contributed by atoms with van der Waals surface area (Å²) in [5.74, 6) is -0.287. The number of fused-ring (bicyclic) bond motifs is 1. The molecule has 1 spiro atoms. The highest BCUT2D eigenvalue weighted by atomic mass is 35.5. The third-order valence-electron chi connectivity index (χ3n) is 5.48. The smallest absolute Gasteiger partial charge is 0.315 e. The Morgan fingerprint density at radius 2 is 1.81 bits per heavy atom. The van der Waals surface area contributed by atoms with Gasteiger partial charge in [-0.25, -0.2) is 0 Å². The molecule has 27 heavy (non-hydrogen) atoms. The van der Waals surface area contributed by atoms with Gasteiger partial charge in [0.25, 0.3) is 11.7 Å². The predicted molar refractivity (Wildman–Crippen MR) is 100 cm³/mol. The molecule has 6 nitrogen and oxygen atoms in total. The second-order valence-corrected chi connectivity index (χ2v) is 9.16. The highest BCUT2D eigenvalue weighted by Crippen LogP contribution is 2.64. The number of hydrogen-bond donors (Lipinski definition) is 1. The molecule has 2 fully saturated rings. The van der Waals surface area contributed by atoms with Crippen molar-refractivity contribution in [2.45, 2.75) is 55.6 Å². The molecule has 0 unspecified atom stereocenters. The number of alkyl halides is 2. The molecule has 1 aromatic rings. The van der Waals surface area contributed by atoms with Gasteiger partial charge in [-0.15, -0.1) is 23.2 Å². The van der Waals surface area contributed by atoms with Crippen molar-refractivity contribution < 1.29 is 23.8 Å². The van der Waals surface area contributed by atoms with Crippen molar-refractivity contribution in [1.29, 1.82) is 0 Å². The van der Waals surface area contributed by atoms with Crippen molar-refractivity contribution in [2.24, 2.45) is 5.41 Å². The maximum atomic E-state index is 12.1. The van der Waals surface area contributed by atoms with Crippen molar-refractivity contribution in [3.05, 3.63) is 18.2 Å². The largest absolute Gasteiger partial charge is 0.455 e. The number of nitrogens with one attached hydrogen (secondary N) is 1. The highest BCUT2D eigenvalue weighted by molar-refractivity contribution is 6.53. The van der Waals surface area contributed by atoms with E-state index in [9.17, 15) is 9.59 Å². The number of carbonyl (C=O) groups excluding carboxylic acids is 2. The third-order valence-corrected chi connectivity index (χ3v) is 6.58. The Labute approximate surface area is 167 Å². The van der Waals surface area contributed by atoms with Crippen LogP contribution in [0.25, 0.3) is 0 Å². The number of halogens is 2. The normalized spacial score (nSPS) is 26.5. The minimum Gasteiger partial charge on any atom is -0.455 e. The van der Waals surface area contributed by atoms with Crippen LogP contribution in [-0.2, 0) is 14.3 Å². The number of benzene rings is 1. The van der Waals surface area contributed by atoms with Gasteiger partial charge in [-0.1, -0.05) is 6.42 Å². The molecule has 1 aromatic carbocycles. The monoisotopic (exact) mass is 413 g/mol. The summed E-state index contributed by atoms with van der Waals surface area (Å²) >= 11 is 11.9. The zero-order valence-corrected chi connectivity index (χ0v) is 16.5. The molecule has 1 heterocycles. The minimum absolute atomic E-state index is 0.313. The zero-order valence-electron chi connectivity index (χ0n) is 15.0. The van der Waals surface area contributed by atoms with Crippen LogP contribution in [0.15, 0.2) is 18.2 Å². The van der Waals surface area contributed by atoms with Gasteiger partial charge in [0, 0.05) is 31.0 Å². The summed E-state index contributed by atoms with van der Waals surface area (Å²) in [5, 5.41) is 2.69. The van der Waals surface area contributed by atoms with Crippen molar-refractivity contribution in [3.8, 4) is 11.5 Å². The molecule has 2 saturated carbocycles. The first-order chi connectivity index (χ1) is 12.7. The fourth-order valence-corrected chi connectivity index (χ4v) is 4.26. The first kappa shape index (κ1) is 18.7. The summed E-state index contributed by atoms with van der Waals surface area (Å²) in [6.45, 7) is 1.21. The molecule has 4 rings (SSSR count). The molecule has 1 atom stereocenters. The van der Waals surface area contributed by atoms with E-state index in [1.807, 2.05) is 0 Å². The molecule has 0 aromatic heterocycles. The molecule has 0 bridgehead atoms. The number of anilines is 1. The van der Waals surface area contributed by atoms with E-state index in [-0.39, 0.29) is 0 Å². The lowest BCUT2D eigenvalue weighted by molar-refractivity contribution is -0.152. The van der Waals surface area contributed by atoms with E-state index in [0.29, 0.717) is 23.6 Å². The molecule has 1 N–H and O–H groups in total. The summed E-state index contributed by atoms with van der Waals surface area (Å²) in [6.07, 6.45) is 5.38. The first-order valence-corrected chi connectivity index (χ1v) is 9.86. The maximum absolute atomic E-state index is 12.1. The summed E-state index contributed by atoms with van der Waals surface area (Å²) < 4.78 is 16.0. The van der Waals surface area contributed by atoms with Crippen molar-refractivity contribution in [1.82, 2.24) is 0 Å². The summed E-state index contributed by atoms with van der Waals surface area (Å²) in [7, 11) is 0. The number of amides is 1. The molecule has 1 amide bonds. The van der Waals surface area contributed by atoms with Gasteiger partial charge < -0.3 is 19.5 Å². The van der Waals surface area contributed by atoms with Crippen LogP contribution in [0.3, 0.4) is 0 Å². The van der Waals surface area contributed by atoms with Gasteiger partial charge in [-0.05, 0) is 31.9 Å². The van der Waals surface area contributed by atoms with Crippen LogP contribution in [0.4, 0.5) is 5.69 Å². The van der Waals surface area contributed by atoms with Crippen LogP contribution in [0.2, 0.25) is 0 Å². The van der Waals surface area contributed by atoms with Crippen molar-refractivity contribution in [2.75, 3.05) is 11.9 Å². The summed E-state index contributed by atoms with van der Waals surface area (Å²) in [4.78, 5) is 24.1.